The maximum atomic E-state index is 5.59. The second kappa shape index (κ2) is 4.44. The number of nitrogens with zero attached hydrogens (tertiary/aromatic N) is 3. The molecule has 1 aromatic rings. The summed E-state index contributed by atoms with van der Waals surface area (Å²) >= 11 is 0. The van der Waals surface area contributed by atoms with E-state index in [2.05, 4.69) is 27.2 Å². The zero-order valence-corrected chi connectivity index (χ0v) is 8.98. The summed E-state index contributed by atoms with van der Waals surface area (Å²) in [7, 11) is 2.14. The number of hydrogen-bond acceptors (Lipinski definition) is 5. The molecule has 2 rings (SSSR count). The molecule has 0 spiro atoms. The van der Waals surface area contributed by atoms with Crippen LogP contribution in [-0.4, -0.2) is 41.0 Å². The van der Waals surface area contributed by atoms with Crippen molar-refractivity contribution in [3.8, 4) is 0 Å². The molecule has 0 saturated carbocycles. The fourth-order valence-electron chi connectivity index (χ4n) is 1.94. The Bertz CT molecular complexity index is 327. The maximum absolute atomic E-state index is 5.59. The third-order valence-corrected chi connectivity index (χ3v) is 2.66. The number of piperidine rings is 1. The Kier molecular flexibility index (Phi) is 3.01. The van der Waals surface area contributed by atoms with Crippen LogP contribution in [0.1, 0.15) is 12.8 Å². The minimum absolute atomic E-state index is 0.470. The van der Waals surface area contributed by atoms with Crippen LogP contribution in [0.3, 0.4) is 0 Å². The average molecular weight is 207 g/mol. The molecular weight excluding hydrogens is 190 g/mol. The molecule has 1 atom stereocenters. The topological polar surface area (TPSA) is 67.1 Å². The summed E-state index contributed by atoms with van der Waals surface area (Å²) < 4.78 is 0. The van der Waals surface area contributed by atoms with Crippen molar-refractivity contribution in [1.29, 1.82) is 0 Å². The summed E-state index contributed by atoms with van der Waals surface area (Å²) in [6.07, 6.45) is 3.91. The van der Waals surface area contributed by atoms with Crippen molar-refractivity contribution < 1.29 is 0 Å². The molecule has 3 N–H and O–H groups in total. The van der Waals surface area contributed by atoms with Crippen LogP contribution in [0.2, 0.25) is 0 Å². The van der Waals surface area contributed by atoms with Crippen molar-refractivity contribution in [1.82, 2.24) is 14.9 Å². The van der Waals surface area contributed by atoms with Crippen LogP contribution in [0.15, 0.2) is 12.4 Å². The number of nitrogens with two attached hydrogens (primary N) is 1. The highest BCUT2D eigenvalue weighted by Gasteiger charge is 2.16. The summed E-state index contributed by atoms with van der Waals surface area (Å²) in [6.45, 7) is 2.24. The smallest absolute Gasteiger partial charge is 0.131 e. The molecule has 0 bridgehead atoms. The highest BCUT2D eigenvalue weighted by molar-refractivity contribution is 5.44. The van der Waals surface area contributed by atoms with Crippen molar-refractivity contribution in [2.75, 3.05) is 31.2 Å². The molecule has 1 aliphatic rings. The standard InChI is InChI=1S/C10H17N5/c1-15-4-2-3-8(6-15)14-10-5-9(11)12-7-13-10/h5,7-8H,2-4,6H2,1H3,(H3,11,12,13,14). The molecule has 1 fully saturated rings. The van der Waals surface area contributed by atoms with Crippen LogP contribution < -0.4 is 11.1 Å². The number of rotatable bonds is 2. The largest absolute Gasteiger partial charge is 0.384 e. The number of nitrogen functional groups attached to an aromatic ring is 1. The second-order valence-electron chi connectivity index (χ2n) is 4.07. The van der Waals surface area contributed by atoms with Crippen LogP contribution >= 0.6 is 0 Å². The van der Waals surface area contributed by atoms with E-state index in [1.165, 1.54) is 25.7 Å². The molecule has 0 aliphatic carbocycles. The lowest BCUT2D eigenvalue weighted by atomic mass is 10.1. The van der Waals surface area contributed by atoms with E-state index in [9.17, 15) is 0 Å². The van der Waals surface area contributed by atoms with Gasteiger partial charge in [0.15, 0.2) is 0 Å². The molecule has 5 heteroatoms. The first-order valence-electron chi connectivity index (χ1n) is 5.26. The van der Waals surface area contributed by atoms with E-state index in [-0.39, 0.29) is 0 Å². The summed E-state index contributed by atoms with van der Waals surface area (Å²) in [5.41, 5.74) is 5.59. The summed E-state index contributed by atoms with van der Waals surface area (Å²) in [6, 6.07) is 2.24. The normalized spacial score (nSPS) is 22.6. The van der Waals surface area contributed by atoms with E-state index in [1.54, 1.807) is 6.07 Å². The van der Waals surface area contributed by atoms with Gasteiger partial charge >= 0.3 is 0 Å². The van der Waals surface area contributed by atoms with Gasteiger partial charge in [0.25, 0.3) is 0 Å². The molecule has 15 heavy (non-hydrogen) atoms. The Morgan fingerprint density at radius 2 is 2.40 bits per heavy atom. The number of aromatic nitrogens is 2. The van der Waals surface area contributed by atoms with E-state index in [1.807, 2.05) is 0 Å². The van der Waals surface area contributed by atoms with Crippen molar-refractivity contribution >= 4 is 11.6 Å². The molecular formula is C10H17N5. The number of likely N-dealkylation sites (N-methyl/N-ethyl adjacent to an activating group) is 1. The molecule has 0 amide bonds. The van der Waals surface area contributed by atoms with Gasteiger partial charge in [-0.3, -0.25) is 0 Å². The van der Waals surface area contributed by atoms with Gasteiger partial charge in [0.05, 0.1) is 0 Å². The van der Waals surface area contributed by atoms with E-state index in [0.717, 1.165) is 12.4 Å². The molecule has 82 valence electrons. The van der Waals surface area contributed by atoms with Crippen LogP contribution in [0, 0.1) is 0 Å². The van der Waals surface area contributed by atoms with Crippen LogP contribution in [0.5, 0.6) is 0 Å². The van der Waals surface area contributed by atoms with E-state index in [4.69, 9.17) is 5.73 Å². The van der Waals surface area contributed by atoms with Crippen molar-refractivity contribution in [3.63, 3.8) is 0 Å². The van der Waals surface area contributed by atoms with Crippen LogP contribution in [0.25, 0.3) is 0 Å². The summed E-state index contributed by atoms with van der Waals surface area (Å²) in [5, 5.41) is 3.38. The Labute approximate surface area is 89.7 Å². The lowest BCUT2D eigenvalue weighted by molar-refractivity contribution is 0.261. The lowest BCUT2D eigenvalue weighted by Gasteiger charge is -2.30. The first kappa shape index (κ1) is 10.2. The van der Waals surface area contributed by atoms with E-state index in [0.29, 0.717) is 11.9 Å². The summed E-state index contributed by atoms with van der Waals surface area (Å²) in [4.78, 5) is 10.3. The minimum atomic E-state index is 0.470. The van der Waals surface area contributed by atoms with Gasteiger partial charge in [-0.15, -0.1) is 0 Å². The molecule has 1 aliphatic heterocycles. The maximum Gasteiger partial charge on any atom is 0.131 e. The third-order valence-electron chi connectivity index (χ3n) is 2.66. The van der Waals surface area contributed by atoms with Gasteiger partial charge < -0.3 is 16.0 Å². The molecule has 1 unspecified atom stereocenters. The number of nitrogens with one attached hydrogen (secondary N) is 1. The Balaban J connectivity index is 1.96. The van der Waals surface area contributed by atoms with Crippen molar-refractivity contribution in [2.45, 2.75) is 18.9 Å². The van der Waals surface area contributed by atoms with Gasteiger partial charge in [0, 0.05) is 18.7 Å². The molecule has 1 saturated heterocycles. The van der Waals surface area contributed by atoms with Gasteiger partial charge in [-0.1, -0.05) is 0 Å². The zero-order chi connectivity index (χ0) is 10.7. The van der Waals surface area contributed by atoms with Crippen molar-refractivity contribution in [3.05, 3.63) is 12.4 Å². The zero-order valence-electron chi connectivity index (χ0n) is 8.98. The number of likely N-dealkylation sites (tertiary alicyclic amines) is 1. The Hall–Kier alpha value is -1.36. The van der Waals surface area contributed by atoms with Gasteiger partial charge in [-0.05, 0) is 26.4 Å². The lowest BCUT2D eigenvalue weighted by Crippen LogP contribution is -2.39. The van der Waals surface area contributed by atoms with Gasteiger partial charge in [0.2, 0.25) is 0 Å². The fraction of sp³-hybridized carbons (Fsp3) is 0.600. The number of hydrogen-bond donors (Lipinski definition) is 2. The highest BCUT2D eigenvalue weighted by atomic mass is 15.2. The first-order chi connectivity index (χ1) is 7.24. The third kappa shape index (κ3) is 2.79. The minimum Gasteiger partial charge on any atom is -0.384 e. The molecule has 0 aromatic carbocycles. The van der Waals surface area contributed by atoms with Gasteiger partial charge in [-0.2, -0.15) is 0 Å². The molecule has 0 radical (unpaired) electrons. The highest BCUT2D eigenvalue weighted by Crippen LogP contribution is 2.13. The average Bonchev–Trinajstić information content (AvgIpc) is 2.17. The monoisotopic (exact) mass is 207 g/mol. The Morgan fingerprint density at radius 3 is 3.13 bits per heavy atom. The second-order valence-corrected chi connectivity index (χ2v) is 4.07. The van der Waals surface area contributed by atoms with Gasteiger partial charge in [-0.25, -0.2) is 9.97 Å². The fourth-order valence-corrected chi connectivity index (χ4v) is 1.94. The predicted molar refractivity (Wildman–Crippen MR) is 60.6 cm³/mol. The molecule has 2 heterocycles. The first-order valence-corrected chi connectivity index (χ1v) is 5.26. The van der Waals surface area contributed by atoms with Crippen LogP contribution in [0.4, 0.5) is 11.6 Å². The number of anilines is 2. The van der Waals surface area contributed by atoms with Gasteiger partial charge in [0.1, 0.15) is 18.0 Å². The Morgan fingerprint density at radius 1 is 1.53 bits per heavy atom. The molecule has 5 nitrogen and oxygen atoms in total. The van der Waals surface area contributed by atoms with E-state index < -0.39 is 0 Å². The van der Waals surface area contributed by atoms with E-state index >= 15 is 0 Å². The molecule has 1 aromatic heterocycles. The SMILES string of the molecule is CN1CCCC(Nc2cc(N)ncn2)C1. The van der Waals surface area contributed by atoms with Crippen LogP contribution in [-0.2, 0) is 0 Å². The van der Waals surface area contributed by atoms with Crippen molar-refractivity contribution in [2.24, 2.45) is 0 Å². The predicted octanol–water partition coefficient (Wildman–Crippen LogP) is 0.565. The summed E-state index contributed by atoms with van der Waals surface area (Å²) in [5.74, 6) is 1.33. The quantitative estimate of drug-likeness (QED) is 0.742.